The number of aliphatic hydroxyl groups excluding tert-OH is 1. The van der Waals surface area contributed by atoms with Crippen LogP contribution in [0.25, 0.3) is 0 Å². The van der Waals surface area contributed by atoms with Gasteiger partial charge in [0.05, 0.1) is 6.10 Å². The van der Waals surface area contributed by atoms with Gasteiger partial charge in [-0.3, -0.25) is 0 Å². The van der Waals surface area contributed by atoms with E-state index in [1.165, 1.54) is 0 Å². The Morgan fingerprint density at radius 2 is 1.80 bits per heavy atom. The predicted octanol–water partition coefficient (Wildman–Crippen LogP) is 0.259. The maximum Gasteiger partial charge on any atom is 0.186 e. The second kappa shape index (κ2) is 3.68. The second-order valence-electron chi connectivity index (χ2n) is 4.50. The van der Waals surface area contributed by atoms with Gasteiger partial charge >= 0.3 is 0 Å². The van der Waals surface area contributed by atoms with Gasteiger partial charge in [-0.15, -0.1) is 0 Å². The summed E-state index contributed by atoms with van der Waals surface area (Å²) in [6.45, 7) is 5.42. The Morgan fingerprint density at radius 3 is 2.40 bits per heavy atom. The maximum absolute atomic E-state index is 9.91. The highest BCUT2D eigenvalue weighted by atomic mass is 16.8. The Bertz CT molecular complexity index is 234. The van der Waals surface area contributed by atoms with Crippen LogP contribution in [0.3, 0.4) is 0 Å². The third kappa shape index (κ3) is 1.90. The average molecular weight is 218 g/mol. The first-order valence-electron chi connectivity index (χ1n) is 5.16. The zero-order valence-electron chi connectivity index (χ0n) is 9.47. The fraction of sp³-hybridized carbons (Fsp3) is 1.00. The van der Waals surface area contributed by atoms with Gasteiger partial charge in [-0.2, -0.15) is 0 Å². The van der Waals surface area contributed by atoms with Crippen LogP contribution in [0.4, 0.5) is 0 Å². The molecule has 5 nitrogen and oxygen atoms in total. The minimum Gasteiger partial charge on any atom is -0.388 e. The molecule has 0 aliphatic carbocycles. The number of rotatable bonds is 1. The molecule has 0 amide bonds. The van der Waals surface area contributed by atoms with Crippen molar-refractivity contribution in [2.45, 2.75) is 57.3 Å². The van der Waals surface area contributed by atoms with Crippen molar-refractivity contribution in [3.05, 3.63) is 0 Å². The van der Waals surface area contributed by atoms with Crippen LogP contribution < -0.4 is 0 Å². The van der Waals surface area contributed by atoms with Gasteiger partial charge in [0.2, 0.25) is 0 Å². The number of fused-ring (bicyclic) bond motifs is 1. The summed E-state index contributed by atoms with van der Waals surface area (Å²) in [5.74, 6) is -0.694. The van der Waals surface area contributed by atoms with Crippen molar-refractivity contribution in [3.63, 3.8) is 0 Å². The molecule has 2 saturated heterocycles. The Morgan fingerprint density at radius 1 is 1.20 bits per heavy atom. The highest BCUT2D eigenvalue weighted by Crippen LogP contribution is 2.37. The first-order chi connectivity index (χ1) is 6.94. The van der Waals surface area contributed by atoms with E-state index in [0.29, 0.717) is 0 Å². The lowest BCUT2D eigenvalue weighted by molar-refractivity contribution is -0.262. The fourth-order valence-corrected chi connectivity index (χ4v) is 2.12. The summed E-state index contributed by atoms with van der Waals surface area (Å²) >= 11 is 0. The molecule has 0 saturated carbocycles. The molecular formula is C10H18O5. The molecule has 15 heavy (non-hydrogen) atoms. The minimum absolute atomic E-state index is 0.311. The van der Waals surface area contributed by atoms with Crippen molar-refractivity contribution >= 4 is 0 Å². The molecular weight excluding hydrogens is 200 g/mol. The number of methoxy groups -OCH3 is 1. The second-order valence-corrected chi connectivity index (χ2v) is 4.50. The molecule has 0 aromatic rings. The molecule has 2 aliphatic heterocycles. The van der Waals surface area contributed by atoms with E-state index in [2.05, 4.69) is 0 Å². The van der Waals surface area contributed by atoms with Crippen LogP contribution in [0.5, 0.6) is 0 Å². The smallest absolute Gasteiger partial charge is 0.186 e. The molecule has 2 aliphatic rings. The molecule has 88 valence electrons. The molecule has 2 rings (SSSR count). The van der Waals surface area contributed by atoms with E-state index in [-0.39, 0.29) is 18.3 Å². The highest BCUT2D eigenvalue weighted by Gasteiger charge is 2.54. The monoisotopic (exact) mass is 218 g/mol. The van der Waals surface area contributed by atoms with Crippen LogP contribution >= 0.6 is 0 Å². The SMILES string of the molecule is CO[C@H]1OC(C)[C@@H](O)C2OC(C)(C)O[C@H]21. The van der Waals surface area contributed by atoms with Gasteiger partial charge in [0.15, 0.2) is 12.1 Å². The standard InChI is InChI=1S/C10H18O5/c1-5-6(11)7-8(9(12-4)13-5)15-10(2,3)14-7/h5-9,11H,1-4H3/t5?,6-,7?,8-,9+/m1/s1. The quantitative estimate of drug-likeness (QED) is 0.684. The van der Waals surface area contributed by atoms with Crippen molar-refractivity contribution in [2.24, 2.45) is 0 Å². The molecule has 0 radical (unpaired) electrons. The van der Waals surface area contributed by atoms with Crippen LogP contribution in [0.2, 0.25) is 0 Å². The molecule has 2 heterocycles. The van der Waals surface area contributed by atoms with E-state index in [0.717, 1.165) is 0 Å². The van der Waals surface area contributed by atoms with E-state index in [1.807, 2.05) is 13.8 Å². The zero-order chi connectivity index (χ0) is 11.2. The Kier molecular flexibility index (Phi) is 2.77. The Labute approximate surface area is 89.3 Å². The van der Waals surface area contributed by atoms with Crippen LogP contribution in [0.1, 0.15) is 20.8 Å². The molecule has 0 bridgehead atoms. The van der Waals surface area contributed by atoms with Crippen molar-refractivity contribution < 1.29 is 24.1 Å². The number of ether oxygens (including phenoxy) is 4. The van der Waals surface area contributed by atoms with Crippen LogP contribution in [-0.4, -0.2) is 48.7 Å². The molecule has 0 aromatic carbocycles. The highest BCUT2D eigenvalue weighted by molar-refractivity contribution is 4.94. The van der Waals surface area contributed by atoms with Crippen molar-refractivity contribution in [3.8, 4) is 0 Å². The zero-order valence-corrected chi connectivity index (χ0v) is 9.47. The van der Waals surface area contributed by atoms with Gasteiger partial charge in [-0.25, -0.2) is 0 Å². The van der Waals surface area contributed by atoms with Crippen LogP contribution in [0.15, 0.2) is 0 Å². The third-order valence-corrected chi connectivity index (χ3v) is 2.83. The summed E-state index contributed by atoms with van der Waals surface area (Å²) in [6, 6.07) is 0. The van der Waals surface area contributed by atoms with E-state index >= 15 is 0 Å². The molecule has 1 N–H and O–H groups in total. The Balaban J connectivity index is 2.18. The normalized spacial score (nSPS) is 49.0. The predicted molar refractivity (Wildman–Crippen MR) is 51.2 cm³/mol. The number of aliphatic hydroxyl groups is 1. The van der Waals surface area contributed by atoms with E-state index in [9.17, 15) is 5.11 Å². The largest absolute Gasteiger partial charge is 0.388 e. The van der Waals surface area contributed by atoms with Gasteiger partial charge in [0.1, 0.15) is 18.3 Å². The van der Waals surface area contributed by atoms with Crippen molar-refractivity contribution in [2.75, 3.05) is 7.11 Å². The topological polar surface area (TPSA) is 57.2 Å². The summed E-state index contributed by atoms with van der Waals surface area (Å²) in [7, 11) is 1.56. The molecule has 0 spiro atoms. The summed E-state index contributed by atoms with van der Waals surface area (Å²) in [5, 5.41) is 9.91. The maximum atomic E-state index is 9.91. The number of hydrogen-bond donors (Lipinski definition) is 1. The third-order valence-electron chi connectivity index (χ3n) is 2.83. The summed E-state index contributed by atoms with van der Waals surface area (Å²) in [6.07, 6.45) is -2.21. The van der Waals surface area contributed by atoms with E-state index < -0.39 is 18.2 Å². The van der Waals surface area contributed by atoms with Gasteiger partial charge in [0, 0.05) is 7.11 Å². The first-order valence-corrected chi connectivity index (χ1v) is 5.16. The summed E-state index contributed by atoms with van der Waals surface area (Å²) in [5.41, 5.74) is 0. The van der Waals surface area contributed by atoms with Gasteiger partial charge < -0.3 is 24.1 Å². The lowest BCUT2D eigenvalue weighted by atomic mass is 10.0. The van der Waals surface area contributed by atoms with E-state index in [4.69, 9.17) is 18.9 Å². The van der Waals surface area contributed by atoms with E-state index in [1.54, 1.807) is 14.0 Å². The molecule has 5 atom stereocenters. The number of hydrogen-bond acceptors (Lipinski definition) is 5. The molecule has 0 aromatic heterocycles. The first kappa shape index (κ1) is 11.3. The lowest BCUT2D eigenvalue weighted by Crippen LogP contribution is -2.55. The van der Waals surface area contributed by atoms with Gasteiger partial charge in [-0.1, -0.05) is 0 Å². The van der Waals surface area contributed by atoms with Crippen LogP contribution in [-0.2, 0) is 18.9 Å². The lowest BCUT2D eigenvalue weighted by Gasteiger charge is -2.37. The molecule has 5 heteroatoms. The summed E-state index contributed by atoms with van der Waals surface area (Å²) < 4.78 is 21.9. The average Bonchev–Trinajstić information content (AvgIpc) is 2.48. The Hall–Kier alpha value is -0.200. The van der Waals surface area contributed by atoms with Crippen LogP contribution in [0, 0.1) is 0 Å². The molecule has 2 fully saturated rings. The van der Waals surface area contributed by atoms with Gasteiger partial charge in [0.25, 0.3) is 0 Å². The van der Waals surface area contributed by atoms with Crippen molar-refractivity contribution in [1.82, 2.24) is 0 Å². The molecule has 2 unspecified atom stereocenters. The fourth-order valence-electron chi connectivity index (χ4n) is 2.12. The van der Waals surface area contributed by atoms with Gasteiger partial charge in [-0.05, 0) is 20.8 Å². The summed E-state index contributed by atoms with van der Waals surface area (Å²) in [4.78, 5) is 0. The van der Waals surface area contributed by atoms with Crippen molar-refractivity contribution in [1.29, 1.82) is 0 Å². The minimum atomic E-state index is -0.694.